The molecule has 1 rings (SSSR count). The van der Waals surface area contributed by atoms with Crippen molar-refractivity contribution in [2.45, 2.75) is 38.8 Å². The monoisotopic (exact) mass is 343 g/mol. The molecule has 0 saturated carbocycles. The summed E-state index contributed by atoms with van der Waals surface area (Å²) in [5.41, 5.74) is 5.59. The molecule has 0 aromatic carbocycles. The fourth-order valence-corrected chi connectivity index (χ4v) is 2.95. The van der Waals surface area contributed by atoms with Crippen molar-refractivity contribution < 1.29 is 17.9 Å². The van der Waals surface area contributed by atoms with Crippen molar-refractivity contribution in [3.8, 4) is 0 Å². The summed E-state index contributed by atoms with van der Waals surface area (Å²) in [6, 6.07) is 0.0382. The van der Waals surface area contributed by atoms with Crippen LogP contribution in [0.1, 0.15) is 26.7 Å². The Morgan fingerprint density at radius 3 is 2.71 bits per heavy atom. The summed E-state index contributed by atoms with van der Waals surface area (Å²) < 4.78 is 30.9. The van der Waals surface area contributed by atoms with Crippen molar-refractivity contribution in [2.24, 2.45) is 5.73 Å². The molecule has 0 aliphatic carbocycles. The number of rotatable bonds is 8. The summed E-state index contributed by atoms with van der Waals surface area (Å²) >= 11 is 0. The minimum Gasteiger partial charge on any atom is -0.378 e. The maximum Gasteiger partial charge on any atom is 0.237 e. The molecule has 1 aliphatic rings. The van der Waals surface area contributed by atoms with Gasteiger partial charge in [0, 0.05) is 19.1 Å². The van der Waals surface area contributed by atoms with E-state index < -0.39 is 10.0 Å². The number of sulfonamides is 1. The van der Waals surface area contributed by atoms with Crippen molar-refractivity contribution in [3.63, 3.8) is 0 Å². The molecule has 1 aliphatic heterocycles. The van der Waals surface area contributed by atoms with Crippen LogP contribution in [0.2, 0.25) is 0 Å². The second-order valence-electron chi connectivity index (χ2n) is 5.18. The Kier molecular flexibility index (Phi) is 9.39. The van der Waals surface area contributed by atoms with Crippen molar-refractivity contribution in [1.29, 1.82) is 0 Å². The van der Waals surface area contributed by atoms with Crippen molar-refractivity contribution >= 4 is 28.3 Å². The average Bonchev–Trinajstić information content (AvgIpc) is 2.83. The van der Waals surface area contributed by atoms with E-state index in [1.54, 1.807) is 4.90 Å². The van der Waals surface area contributed by atoms with E-state index in [-0.39, 0.29) is 49.4 Å². The van der Waals surface area contributed by atoms with Crippen LogP contribution in [0.25, 0.3) is 0 Å². The van der Waals surface area contributed by atoms with Gasteiger partial charge in [0.1, 0.15) is 0 Å². The average molecular weight is 344 g/mol. The first kappa shape index (κ1) is 20.6. The second kappa shape index (κ2) is 9.58. The molecule has 7 nitrogen and oxygen atoms in total. The van der Waals surface area contributed by atoms with Gasteiger partial charge >= 0.3 is 0 Å². The van der Waals surface area contributed by atoms with E-state index in [9.17, 15) is 13.2 Å². The van der Waals surface area contributed by atoms with Gasteiger partial charge < -0.3 is 15.4 Å². The predicted octanol–water partition coefficient (Wildman–Crippen LogP) is -0.298. The highest BCUT2D eigenvalue weighted by atomic mass is 35.5. The second-order valence-corrected chi connectivity index (χ2v) is 7.10. The maximum absolute atomic E-state index is 12.0. The number of hydrogen-bond acceptors (Lipinski definition) is 5. The highest BCUT2D eigenvalue weighted by Gasteiger charge is 2.27. The Bertz CT molecular complexity index is 417. The summed E-state index contributed by atoms with van der Waals surface area (Å²) in [5.74, 6) is -0.356. The van der Waals surface area contributed by atoms with Gasteiger partial charge in [-0.3, -0.25) is 4.79 Å². The van der Waals surface area contributed by atoms with Crippen molar-refractivity contribution in [2.75, 3.05) is 32.0 Å². The minimum absolute atomic E-state index is 0. The van der Waals surface area contributed by atoms with Crippen LogP contribution in [0.15, 0.2) is 0 Å². The van der Waals surface area contributed by atoms with E-state index in [1.807, 2.05) is 13.8 Å². The Balaban J connectivity index is 0.00000400. The Morgan fingerprint density at radius 2 is 2.14 bits per heavy atom. The first-order chi connectivity index (χ1) is 9.35. The molecule has 0 aromatic heterocycles. The van der Waals surface area contributed by atoms with E-state index >= 15 is 0 Å². The Hall–Kier alpha value is -0.410. The first-order valence-electron chi connectivity index (χ1n) is 6.94. The van der Waals surface area contributed by atoms with E-state index in [2.05, 4.69) is 4.72 Å². The number of halogens is 1. The van der Waals surface area contributed by atoms with Crippen LogP contribution < -0.4 is 10.5 Å². The lowest BCUT2D eigenvalue weighted by Crippen LogP contribution is -2.45. The van der Waals surface area contributed by atoms with Gasteiger partial charge in [-0.15, -0.1) is 12.4 Å². The standard InChI is InChI=1S/C12H25N3O4S.ClH/c1-10(2)19-6-7-20(17,18)14-9-12(16)15-5-3-4-11(15)8-13;/h10-11,14H,3-9,13H2,1-2H3;1H. The number of nitrogens with two attached hydrogens (primary N) is 1. The third kappa shape index (κ3) is 7.42. The van der Waals surface area contributed by atoms with Crippen LogP contribution in [0, 0.1) is 0 Å². The molecule has 1 heterocycles. The molecule has 0 spiro atoms. The molecular formula is C12H26ClN3O4S. The van der Waals surface area contributed by atoms with Gasteiger partial charge in [0.2, 0.25) is 15.9 Å². The smallest absolute Gasteiger partial charge is 0.237 e. The van der Waals surface area contributed by atoms with Crippen LogP contribution in [0.3, 0.4) is 0 Å². The molecule has 1 saturated heterocycles. The summed E-state index contributed by atoms with van der Waals surface area (Å²) in [5, 5.41) is 0. The molecule has 1 fully saturated rings. The molecule has 126 valence electrons. The van der Waals surface area contributed by atoms with Crippen LogP contribution in [-0.4, -0.2) is 63.4 Å². The van der Waals surface area contributed by atoms with Gasteiger partial charge in [-0.1, -0.05) is 0 Å². The fourth-order valence-electron chi connectivity index (χ4n) is 2.15. The van der Waals surface area contributed by atoms with Crippen molar-refractivity contribution in [1.82, 2.24) is 9.62 Å². The molecule has 21 heavy (non-hydrogen) atoms. The normalized spacial score (nSPS) is 18.9. The zero-order chi connectivity index (χ0) is 15.2. The van der Waals surface area contributed by atoms with Gasteiger partial charge in [0.15, 0.2) is 0 Å². The van der Waals surface area contributed by atoms with Gasteiger partial charge in [-0.2, -0.15) is 0 Å². The largest absolute Gasteiger partial charge is 0.378 e. The summed E-state index contributed by atoms with van der Waals surface area (Å²) in [6.45, 7) is 4.66. The zero-order valence-corrected chi connectivity index (χ0v) is 14.2. The molecule has 0 radical (unpaired) electrons. The van der Waals surface area contributed by atoms with E-state index in [1.165, 1.54) is 0 Å². The Labute approximate surface area is 133 Å². The topological polar surface area (TPSA) is 102 Å². The SMILES string of the molecule is CC(C)OCCS(=O)(=O)NCC(=O)N1CCCC1CN.Cl. The number of amides is 1. The molecular weight excluding hydrogens is 318 g/mol. The molecule has 0 aromatic rings. The summed E-state index contributed by atoms with van der Waals surface area (Å²) in [7, 11) is -3.48. The highest BCUT2D eigenvalue weighted by Crippen LogP contribution is 2.15. The molecule has 1 atom stereocenters. The van der Waals surface area contributed by atoms with Crippen molar-refractivity contribution in [3.05, 3.63) is 0 Å². The lowest BCUT2D eigenvalue weighted by Gasteiger charge is -2.23. The number of likely N-dealkylation sites (tertiary alicyclic amines) is 1. The number of carbonyl (C=O) groups is 1. The minimum atomic E-state index is -3.48. The zero-order valence-electron chi connectivity index (χ0n) is 12.6. The fraction of sp³-hybridized carbons (Fsp3) is 0.917. The number of nitrogens with one attached hydrogen (secondary N) is 1. The number of nitrogens with zero attached hydrogens (tertiary/aromatic N) is 1. The van der Waals surface area contributed by atoms with Gasteiger partial charge in [-0.25, -0.2) is 13.1 Å². The van der Waals surface area contributed by atoms with Gasteiger partial charge in [-0.05, 0) is 26.7 Å². The molecule has 3 N–H and O–H groups in total. The quantitative estimate of drug-likeness (QED) is 0.630. The third-order valence-corrected chi connectivity index (χ3v) is 4.50. The van der Waals surface area contributed by atoms with Crippen LogP contribution in [-0.2, 0) is 19.6 Å². The number of carbonyl (C=O) groups excluding carboxylic acids is 1. The van der Waals surface area contributed by atoms with Crippen LogP contribution in [0.5, 0.6) is 0 Å². The lowest BCUT2D eigenvalue weighted by molar-refractivity contribution is -0.130. The molecule has 0 bridgehead atoms. The molecule has 1 unspecified atom stereocenters. The highest BCUT2D eigenvalue weighted by molar-refractivity contribution is 7.89. The predicted molar refractivity (Wildman–Crippen MR) is 83.9 cm³/mol. The van der Waals surface area contributed by atoms with Gasteiger partial charge in [0.25, 0.3) is 0 Å². The van der Waals surface area contributed by atoms with Crippen LogP contribution >= 0.6 is 12.4 Å². The van der Waals surface area contributed by atoms with Crippen LogP contribution in [0.4, 0.5) is 0 Å². The Morgan fingerprint density at radius 1 is 1.48 bits per heavy atom. The number of ether oxygens (including phenoxy) is 1. The van der Waals surface area contributed by atoms with Gasteiger partial charge in [0.05, 0.1) is 25.0 Å². The molecule has 1 amide bonds. The summed E-state index contributed by atoms with van der Waals surface area (Å²) in [6.07, 6.45) is 1.79. The first-order valence-corrected chi connectivity index (χ1v) is 8.59. The maximum atomic E-state index is 12.0. The van der Waals surface area contributed by atoms with E-state index in [0.29, 0.717) is 13.1 Å². The summed E-state index contributed by atoms with van der Waals surface area (Å²) in [4.78, 5) is 13.6. The lowest BCUT2D eigenvalue weighted by atomic mass is 10.2. The third-order valence-electron chi connectivity index (χ3n) is 3.22. The number of hydrogen-bond donors (Lipinski definition) is 2. The van der Waals surface area contributed by atoms with E-state index in [0.717, 1.165) is 12.8 Å². The van der Waals surface area contributed by atoms with E-state index in [4.69, 9.17) is 10.5 Å². The molecule has 9 heteroatoms.